The van der Waals surface area contributed by atoms with Gasteiger partial charge in [-0.2, -0.15) is 0 Å². The molecule has 0 aliphatic carbocycles. The third-order valence-electron chi connectivity index (χ3n) is 1.02. The molecule has 10 heavy (non-hydrogen) atoms. The Hall–Kier alpha value is -0.510. The molecule has 0 radical (unpaired) electrons. The molecule has 0 aromatic carbocycles. The minimum absolute atomic E-state index is 0.416. The van der Waals surface area contributed by atoms with E-state index in [1.807, 2.05) is 0 Å². The van der Waals surface area contributed by atoms with Crippen molar-refractivity contribution >= 4 is 15.9 Å². The zero-order chi connectivity index (χ0) is 7.56. The predicted octanol–water partition coefficient (Wildman–Crippen LogP) is 2.02. The van der Waals surface area contributed by atoms with Crippen LogP contribution in [0, 0.1) is 6.92 Å². The summed E-state index contributed by atoms with van der Waals surface area (Å²) in [5.74, 6) is 0. The van der Waals surface area contributed by atoms with Gasteiger partial charge in [-0.1, -0.05) is 0 Å². The predicted molar refractivity (Wildman–Crippen MR) is 39.3 cm³/mol. The first-order chi connectivity index (χ1) is 4.72. The van der Waals surface area contributed by atoms with Crippen LogP contribution >= 0.6 is 15.9 Å². The second-order valence-corrected chi connectivity index (χ2v) is 2.61. The minimum Gasteiger partial charge on any atom is -0.244 e. The number of hydrogen-bond acceptors (Lipinski definition) is 2. The lowest BCUT2D eigenvalue weighted by atomic mass is 10.4. The van der Waals surface area contributed by atoms with Crippen molar-refractivity contribution in [2.45, 2.75) is 13.6 Å². The van der Waals surface area contributed by atoms with Crippen molar-refractivity contribution in [2.75, 3.05) is 0 Å². The topological polar surface area (TPSA) is 25.8 Å². The SMILES string of the molecule is Cc1cc(CF)nc(Br)n1. The number of hydrogen-bond donors (Lipinski definition) is 0. The summed E-state index contributed by atoms with van der Waals surface area (Å²) in [7, 11) is 0. The first-order valence-corrected chi connectivity index (χ1v) is 3.57. The number of halogens is 2. The lowest BCUT2D eigenvalue weighted by Gasteiger charge is -1.95. The number of alkyl halides is 1. The molecule has 0 aliphatic heterocycles. The van der Waals surface area contributed by atoms with Gasteiger partial charge in [0.1, 0.15) is 6.67 Å². The number of nitrogens with zero attached hydrogens (tertiary/aromatic N) is 2. The van der Waals surface area contributed by atoms with E-state index in [-0.39, 0.29) is 0 Å². The number of aromatic nitrogens is 2. The van der Waals surface area contributed by atoms with Crippen LogP contribution < -0.4 is 0 Å². The van der Waals surface area contributed by atoms with Gasteiger partial charge in [0.25, 0.3) is 0 Å². The quantitative estimate of drug-likeness (QED) is 0.655. The van der Waals surface area contributed by atoms with Gasteiger partial charge in [-0.15, -0.1) is 0 Å². The number of aryl methyl sites for hydroxylation is 1. The molecule has 0 bridgehead atoms. The molecule has 1 rings (SSSR count). The van der Waals surface area contributed by atoms with Crippen molar-refractivity contribution in [2.24, 2.45) is 0 Å². The van der Waals surface area contributed by atoms with E-state index in [0.29, 0.717) is 10.4 Å². The van der Waals surface area contributed by atoms with Crippen molar-refractivity contribution in [1.82, 2.24) is 9.97 Å². The molecule has 0 N–H and O–H groups in total. The summed E-state index contributed by atoms with van der Waals surface area (Å²) in [5, 5.41) is 0. The second kappa shape index (κ2) is 3.05. The van der Waals surface area contributed by atoms with Crippen LogP contribution in [-0.2, 0) is 6.67 Å². The molecule has 0 spiro atoms. The lowest BCUT2D eigenvalue weighted by Crippen LogP contribution is -1.91. The van der Waals surface area contributed by atoms with Crippen molar-refractivity contribution < 1.29 is 4.39 Å². The highest BCUT2D eigenvalue weighted by Gasteiger charge is 1.97. The Bertz CT molecular complexity index is 219. The second-order valence-electron chi connectivity index (χ2n) is 1.90. The van der Waals surface area contributed by atoms with Crippen LogP contribution in [0.3, 0.4) is 0 Å². The van der Waals surface area contributed by atoms with Crippen LogP contribution in [0.1, 0.15) is 11.4 Å². The largest absolute Gasteiger partial charge is 0.244 e. The first kappa shape index (κ1) is 7.60. The van der Waals surface area contributed by atoms with Crippen molar-refractivity contribution in [3.63, 3.8) is 0 Å². The molecule has 4 heteroatoms. The van der Waals surface area contributed by atoms with Crippen molar-refractivity contribution in [1.29, 1.82) is 0 Å². The Labute approximate surface area is 66.6 Å². The maximum Gasteiger partial charge on any atom is 0.197 e. The fourth-order valence-electron chi connectivity index (χ4n) is 0.663. The summed E-state index contributed by atoms with van der Waals surface area (Å²) in [4.78, 5) is 7.70. The third-order valence-corrected chi connectivity index (χ3v) is 1.37. The Balaban J connectivity index is 3.06. The van der Waals surface area contributed by atoms with E-state index in [9.17, 15) is 4.39 Å². The average Bonchev–Trinajstić information content (AvgIpc) is 1.85. The maximum absolute atomic E-state index is 12.0. The Kier molecular flexibility index (Phi) is 2.32. The number of rotatable bonds is 1. The smallest absolute Gasteiger partial charge is 0.197 e. The van der Waals surface area contributed by atoms with Gasteiger partial charge in [-0.25, -0.2) is 14.4 Å². The molecule has 0 saturated heterocycles. The normalized spacial score (nSPS) is 9.90. The molecule has 0 amide bonds. The van der Waals surface area contributed by atoms with Crippen LogP contribution in [0.25, 0.3) is 0 Å². The van der Waals surface area contributed by atoms with Crippen molar-refractivity contribution in [3.05, 3.63) is 22.2 Å². The Morgan fingerprint density at radius 2 is 2.30 bits per heavy atom. The highest BCUT2D eigenvalue weighted by molar-refractivity contribution is 9.10. The molecule has 0 saturated carbocycles. The summed E-state index contributed by atoms with van der Waals surface area (Å²) in [6, 6.07) is 1.62. The summed E-state index contributed by atoms with van der Waals surface area (Å²) >= 11 is 3.06. The van der Waals surface area contributed by atoms with Gasteiger partial charge in [-0.3, -0.25) is 0 Å². The minimum atomic E-state index is -0.540. The summed E-state index contributed by atoms with van der Waals surface area (Å²) < 4.78 is 12.4. The third kappa shape index (κ3) is 1.73. The standard InChI is InChI=1S/C6H6BrFN2/c1-4-2-5(3-8)10-6(7)9-4/h2H,3H2,1H3. The zero-order valence-electron chi connectivity index (χ0n) is 5.43. The highest BCUT2D eigenvalue weighted by atomic mass is 79.9. The van der Waals surface area contributed by atoms with Crippen LogP contribution in [-0.4, -0.2) is 9.97 Å². The van der Waals surface area contributed by atoms with Gasteiger partial charge in [0, 0.05) is 5.69 Å². The molecule has 0 atom stereocenters. The lowest BCUT2D eigenvalue weighted by molar-refractivity contribution is 0.474. The molecule has 2 nitrogen and oxygen atoms in total. The monoisotopic (exact) mass is 204 g/mol. The van der Waals surface area contributed by atoms with Crippen LogP contribution in [0.15, 0.2) is 10.8 Å². The van der Waals surface area contributed by atoms with E-state index in [2.05, 4.69) is 25.9 Å². The molecule has 1 aromatic rings. The molecular weight excluding hydrogens is 199 g/mol. The Morgan fingerprint density at radius 3 is 2.80 bits per heavy atom. The van der Waals surface area contributed by atoms with E-state index in [4.69, 9.17) is 0 Å². The van der Waals surface area contributed by atoms with Gasteiger partial charge >= 0.3 is 0 Å². The van der Waals surface area contributed by atoms with Gasteiger partial charge in [0.2, 0.25) is 0 Å². The van der Waals surface area contributed by atoms with Gasteiger partial charge < -0.3 is 0 Å². The zero-order valence-corrected chi connectivity index (χ0v) is 7.02. The van der Waals surface area contributed by atoms with Gasteiger partial charge in [0.15, 0.2) is 4.73 Å². The average molecular weight is 205 g/mol. The molecule has 0 unspecified atom stereocenters. The molecular formula is C6H6BrFN2. The van der Waals surface area contributed by atoms with Gasteiger partial charge in [0.05, 0.1) is 5.69 Å². The maximum atomic E-state index is 12.0. The molecule has 0 aliphatic rings. The van der Waals surface area contributed by atoms with E-state index in [1.165, 1.54) is 0 Å². The van der Waals surface area contributed by atoms with E-state index in [1.54, 1.807) is 13.0 Å². The first-order valence-electron chi connectivity index (χ1n) is 2.78. The molecule has 1 heterocycles. The molecule has 54 valence electrons. The molecule has 0 fully saturated rings. The molecule has 1 aromatic heterocycles. The highest BCUT2D eigenvalue weighted by Crippen LogP contribution is 2.06. The fourth-order valence-corrected chi connectivity index (χ4v) is 1.17. The van der Waals surface area contributed by atoms with E-state index in [0.717, 1.165) is 5.69 Å². The van der Waals surface area contributed by atoms with Crippen LogP contribution in [0.2, 0.25) is 0 Å². The van der Waals surface area contributed by atoms with E-state index < -0.39 is 6.67 Å². The summed E-state index contributed by atoms with van der Waals surface area (Å²) in [5.41, 5.74) is 1.19. The summed E-state index contributed by atoms with van der Waals surface area (Å²) in [6.45, 7) is 1.26. The van der Waals surface area contributed by atoms with Crippen LogP contribution in [0.5, 0.6) is 0 Å². The van der Waals surface area contributed by atoms with E-state index >= 15 is 0 Å². The Morgan fingerprint density at radius 1 is 1.60 bits per heavy atom. The van der Waals surface area contributed by atoms with Crippen LogP contribution in [0.4, 0.5) is 4.39 Å². The van der Waals surface area contributed by atoms with Crippen molar-refractivity contribution in [3.8, 4) is 0 Å². The fraction of sp³-hybridized carbons (Fsp3) is 0.333. The summed E-state index contributed by atoms with van der Waals surface area (Å²) in [6.07, 6.45) is 0. The van der Waals surface area contributed by atoms with Gasteiger partial charge in [-0.05, 0) is 28.9 Å².